The van der Waals surface area contributed by atoms with E-state index < -0.39 is 0 Å². The number of nitrogens with one attached hydrogen (secondary N) is 1. The summed E-state index contributed by atoms with van der Waals surface area (Å²) in [7, 11) is 3.44. The number of nitrogens with zero attached hydrogens (tertiary/aromatic N) is 1. The average Bonchev–Trinajstić information content (AvgIpc) is 2.60. The van der Waals surface area contributed by atoms with Crippen molar-refractivity contribution in [2.45, 2.75) is 44.7 Å². The van der Waals surface area contributed by atoms with Crippen molar-refractivity contribution in [2.24, 2.45) is 5.92 Å². The minimum atomic E-state index is -0.0560. The Morgan fingerprint density at radius 3 is 2.83 bits per heavy atom. The normalized spacial score (nSPS) is 22.0. The maximum atomic E-state index is 11.6. The molecule has 0 aromatic heterocycles. The third kappa shape index (κ3) is 5.21. The van der Waals surface area contributed by atoms with E-state index in [2.05, 4.69) is 18.3 Å². The summed E-state index contributed by atoms with van der Waals surface area (Å²) in [5, 5.41) is 13.2. The molecule has 0 heterocycles. The van der Waals surface area contributed by atoms with Crippen LogP contribution in [-0.4, -0.2) is 49.3 Å². The van der Waals surface area contributed by atoms with E-state index in [9.17, 15) is 9.90 Å². The highest BCUT2D eigenvalue weighted by Crippen LogP contribution is 2.27. The van der Waals surface area contributed by atoms with Gasteiger partial charge in [0, 0.05) is 32.8 Å². The summed E-state index contributed by atoms with van der Waals surface area (Å²) in [6, 6.07) is 8.41. The van der Waals surface area contributed by atoms with Gasteiger partial charge in [-0.05, 0) is 43.4 Å². The Balaban J connectivity index is 1.95. The SMILES string of the molecule is CC(NC1CCCCC1CO)c1cccc(OCC(=O)N(C)C)c1. The number of aliphatic hydroxyl groups is 1. The van der Waals surface area contributed by atoms with Crippen molar-refractivity contribution >= 4 is 5.91 Å². The van der Waals surface area contributed by atoms with Crippen LogP contribution in [0.15, 0.2) is 24.3 Å². The number of amides is 1. The number of hydrogen-bond acceptors (Lipinski definition) is 4. The summed E-state index contributed by atoms with van der Waals surface area (Å²) in [6.45, 7) is 2.43. The van der Waals surface area contributed by atoms with Gasteiger partial charge in [-0.15, -0.1) is 0 Å². The first-order valence-electron chi connectivity index (χ1n) is 8.81. The largest absolute Gasteiger partial charge is 0.484 e. The first-order chi connectivity index (χ1) is 11.5. The number of ether oxygens (including phenoxy) is 1. The molecular weight excluding hydrogens is 304 g/mol. The smallest absolute Gasteiger partial charge is 0.259 e. The third-order valence-corrected chi connectivity index (χ3v) is 4.83. The van der Waals surface area contributed by atoms with E-state index in [0.29, 0.717) is 17.7 Å². The Morgan fingerprint density at radius 1 is 1.38 bits per heavy atom. The van der Waals surface area contributed by atoms with E-state index in [0.717, 1.165) is 18.4 Å². The van der Waals surface area contributed by atoms with Crippen molar-refractivity contribution in [3.8, 4) is 5.75 Å². The fourth-order valence-corrected chi connectivity index (χ4v) is 3.21. The maximum absolute atomic E-state index is 11.6. The third-order valence-electron chi connectivity index (χ3n) is 4.83. The molecule has 2 rings (SSSR count). The van der Waals surface area contributed by atoms with E-state index in [4.69, 9.17) is 4.74 Å². The van der Waals surface area contributed by atoms with Gasteiger partial charge in [-0.3, -0.25) is 4.79 Å². The molecule has 1 saturated carbocycles. The highest BCUT2D eigenvalue weighted by atomic mass is 16.5. The molecular formula is C19H30N2O3. The number of carbonyl (C=O) groups is 1. The van der Waals surface area contributed by atoms with Crippen molar-refractivity contribution in [3.05, 3.63) is 29.8 Å². The summed E-state index contributed by atoms with van der Waals surface area (Å²) >= 11 is 0. The van der Waals surface area contributed by atoms with Crippen LogP contribution >= 0.6 is 0 Å². The Bertz CT molecular complexity index is 533. The van der Waals surface area contributed by atoms with Gasteiger partial charge in [0.15, 0.2) is 6.61 Å². The van der Waals surface area contributed by atoms with Crippen LogP contribution < -0.4 is 10.1 Å². The van der Waals surface area contributed by atoms with Gasteiger partial charge >= 0.3 is 0 Å². The van der Waals surface area contributed by atoms with Crippen molar-refractivity contribution < 1.29 is 14.6 Å². The molecule has 1 aliphatic rings. The summed E-state index contributed by atoms with van der Waals surface area (Å²) in [5.41, 5.74) is 1.13. The van der Waals surface area contributed by atoms with Gasteiger partial charge in [0.25, 0.3) is 5.91 Å². The van der Waals surface area contributed by atoms with Crippen molar-refractivity contribution in [1.29, 1.82) is 0 Å². The van der Waals surface area contributed by atoms with Crippen LogP contribution in [0.25, 0.3) is 0 Å². The molecule has 0 saturated heterocycles. The molecule has 3 unspecified atom stereocenters. The standard InChI is InChI=1S/C19H30N2O3/c1-14(20-18-10-5-4-7-16(18)12-22)15-8-6-9-17(11-15)24-13-19(23)21(2)3/h6,8-9,11,14,16,18,20,22H,4-5,7,10,12-13H2,1-3H3. The molecule has 0 aliphatic heterocycles. The van der Waals surface area contributed by atoms with Crippen LogP contribution in [-0.2, 0) is 4.79 Å². The molecule has 0 bridgehead atoms. The predicted octanol–water partition coefficient (Wildman–Crippen LogP) is 2.36. The molecule has 1 aliphatic carbocycles. The second-order valence-electron chi connectivity index (χ2n) is 6.87. The highest BCUT2D eigenvalue weighted by molar-refractivity contribution is 5.77. The van der Waals surface area contributed by atoms with Gasteiger partial charge in [0.1, 0.15) is 5.75 Å². The molecule has 0 radical (unpaired) electrons. The molecule has 3 atom stereocenters. The quantitative estimate of drug-likeness (QED) is 0.803. The van der Waals surface area contributed by atoms with Crippen LogP contribution in [0.5, 0.6) is 5.75 Å². The first kappa shape index (κ1) is 18.7. The molecule has 2 N–H and O–H groups in total. The fourth-order valence-electron chi connectivity index (χ4n) is 3.21. The van der Waals surface area contributed by atoms with Crippen molar-refractivity contribution in [2.75, 3.05) is 27.3 Å². The summed E-state index contributed by atoms with van der Waals surface area (Å²) in [6.07, 6.45) is 4.64. The average molecular weight is 334 g/mol. The number of aliphatic hydroxyl groups excluding tert-OH is 1. The zero-order chi connectivity index (χ0) is 17.5. The van der Waals surface area contributed by atoms with E-state index in [1.165, 1.54) is 17.7 Å². The van der Waals surface area contributed by atoms with Crippen LogP contribution in [0.3, 0.4) is 0 Å². The van der Waals surface area contributed by atoms with Gasteiger partial charge in [0.2, 0.25) is 0 Å². The van der Waals surface area contributed by atoms with Crippen molar-refractivity contribution in [1.82, 2.24) is 10.2 Å². The van der Waals surface area contributed by atoms with Crippen LogP contribution in [0.1, 0.15) is 44.2 Å². The molecule has 1 fully saturated rings. The fraction of sp³-hybridized carbons (Fsp3) is 0.632. The second kappa shape index (κ2) is 9.04. The zero-order valence-corrected chi connectivity index (χ0v) is 15.0. The molecule has 134 valence electrons. The second-order valence-corrected chi connectivity index (χ2v) is 6.87. The van der Waals surface area contributed by atoms with Crippen LogP contribution in [0.4, 0.5) is 0 Å². The maximum Gasteiger partial charge on any atom is 0.259 e. The molecule has 5 heteroatoms. The molecule has 24 heavy (non-hydrogen) atoms. The van der Waals surface area contributed by atoms with E-state index >= 15 is 0 Å². The van der Waals surface area contributed by atoms with Gasteiger partial charge in [-0.2, -0.15) is 0 Å². The lowest BCUT2D eigenvalue weighted by Gasteiger charge is -2.33. The first-order valence-corrected chi connectivity index (χ1v) is 8.81. The summed E-state index contributed by atoms with van der Waals surface area (Å²) in [5.74, 6) is 0.997. The van der Waals surface area contributed by atoms with E-state index in [1.807, 2.05) is 18.2 Å². The summed E-state index contributed by atoms with van der Waals surface area (Å²) < 4.78 is 5.59. The van der Waals surface area contributed by atoms with E-state index in [1.54, 1.807) is 14.1 Å². The molecule has 1 aromatic rings. The Kier molecular flexibility index (Phi) is 7.06. The molecule has 1 amide bonds. The number of carbonyl (C=O) groups excluding carboxylic acids is 1. The van der Waals surface area contributed by atoms with Crippen LogP contribution in [0, 0.1) is 5.92 Å². The number of benzene rings is 1. The topological polar surface area (TPSA) is 61.8 Å². The number of rotatable bonds is 7. The lowest BCUT2D eigenvalue weighted by atomic mass is 9.84. The minimum absolute atomic E-state index is 0.0491. The number of likely N-dealkylation sites (N-methyl/N-ethyl adjacent to an activating group) is 1. The number of hydrogen-bond donors (Lipinski definition) is 2. The lowest BCUT2D eigenvalue weighted by molar-refractivity contribution is -0.130. The van der Waals surface area contributed by atoms with Crippen LogP contribution in [0.2, 0.25) is 0 Å². The van der Waals surface area contributed by atoms with Crippen molar-refractivity contribution in [3.63, 3.8) is 0 Å². The van der Waals surface area contributed by atoms with Gasteiger partial charge < -0.3 is 20.1 Å². The zero-order valence-electron chi connectivity index (χ0n) is 15.0. The Hall–Kier alpha value is -1.59. The monoisotopic (exact) mass is 334 g/mol. The lowest BCUT2D eigenvalue weighted by Crippen LogP contribution is -2.41. The van der Waals surface area contributed by atoms with Gasteiger partial charge in [-0.25, -0.2) is 0 Å². The highest BCUT2D eigenvalue weighted by Gasteiger charge is 2.25. The molecule has 1 aromatic carbocycles. The Morgan fingerprint density at radius 2 is 2.12 bits per heavy atom. The summed E-state index contributed by atoms with van der Waals surface area (Å²) in [4.78, 5) is 13.2. The van der Waals surface area contributed by atoms with Gasteiger partial charge in [0.05, 0.1) is 0 Å². The Labute approximate surface area is 145 Å². The minimum Gasteiger partial charge on any atom is -0.484 e. The molecule has 5 nitrogen and oxygen atoms in total. The predicted molar refractivity (Wildman–Crippen MR) is 95.0 cm³/mol. The molecule has 0 spiro atoms. The van der Waals surface area contributed by atoms with E-state index in [-0.39, 0.29) is 25.2 Å². The van der Waals surface area contributed by atoms with Gasteiger partial charge in [-0.1, -0.05) is 25.0 Å².